The highest BCUT2D eigenvalue weighted by Gasteiger charge is 2.13. The number of pyridine rings is 1. The van der Waals surface area contributed by atoms with E-state index in [4.69, 9.17) is 23.7 Å². The van der Waals surface area contributed by atoms with Crippen molar-refractivity contribution in [2.75, 3.05) is 14.2 Å². The third-order valence-corrected chi connectivity index (χ3v) is 3.94. The molecular weight excluding hydrogens is 374 g/mol. The highest BCUT2D eigenvalue weighted by atomic mass is 16.7. The molecule has 0 spiro atoms. The maximum atomic E-state index is 12.1. The number of carbonyl (C=O) groups excluding carboxylic acids is 1. The SMILES string of the molecule is COc1cccc(COC(=O)Oc2ncccc2OCc2cccc(OC)c2)c1. The van der Waals surface area contributed by atoms with Gasteiger partial charge in [0.25, 0.3) is 5.88 Å². The average Bonchev–Trinajstić information content (AvgIpc) is 2.77. The van der Waals surface area contributed by atoms with Crippen molar-refractivity contribution in [3.63, 3.8) is 0 Å². The van der Waals surface area contributed by atoms with Crippen LogP contribution in [-0.2, 0) is 18.0 Å². The van der Waals surface area contributed by atoms with E-state index in [0.29, 0.717) is 11.5 Å². The molecular formula is C22H21NO6. The van der Waals surface area contributed by atoms with Crippen LogP contribution in [0.1, 0.15) is 11.1 Å². The van der Waals surface area contributed by atoms with E-state index in [1.165, 1.54) is 6.20 Å². The molecule has 1 aromatic heterocycles. The van der Waals surface area contributed by atoms with Crippen LogP contribution in [0, 0.1) is 0 Å². The van der Waals surface area contributed by atoms with Crippen LogP contribution in [0.4, 0.5) is 4.79 Å². The molecule has 3 rings (SSSR count). The summed E-state index contributed by atoms with van der Waals surface area (Å²) in [5.41, 5.74) is 1.68. The van der Waals surface area contributed by atoms with Gasteiger partial charge in [-0.25, -0.2) is 9.78 Å². The molecule has 0 aliphatic rings. The molecule has 2 aromatic carbocycles. The Morgan fingerprint density at radius 2 is 1.52 bits per heavy atom. The van der Waals surface area contributed by atoms with E-state index in [0.717, 1.165) is 16.9 Å². The van der Waals surface area contributed by atoms with Crippen molar-refractivity contribution >= 4 is 6.16 Å². The van der Waals surface area contributed by atoms with Crippen LogP contribution in [0.25, 0.3) is 0 Å². The number of hydrogen-bond donors (Lipinski definition) is 0. The molecule has 3 aromatic rings. The molecule has 0 atom stereocenters. The molecule has 150 valence electrons. The number of carbonyl (C=O) groups is 1. The predicted molar refractivity (Wildman–Crippen MR) is 105 cm³/mol. The van der Waals surface area contributed by atoms with E-state index in [1.54, 1.807) is 32.4 Å². The molecule has 0 fully saturated rings. The van der Waals surface area contributed by atoms with Gasteiger partial charge in [0.15, 0.2) is 5.75 Å². The Morgan fingerprint density at radius 3 is 2.17 bits per heavy atom. The van der Waals surface area contributed by atoms with Gasteiger partial charge in [0, 0.05) is 6.20 Å². The summed E-state index contributed by atoms with van der Waals surface area (Å²) in [4.78, 5) is 16.1. The number of methoxy groups -OCH3 is 2. The van der Waals surface area contributed by atoms with Crippen LogP contribution in [0.15, 0.2) is 66.9 Å². The Morgan fingerprint density at radius 1 is 0.862 bits per heavy atom. The molecule has 0 amide bonds. The van der Waals surface area contributed by atoms with Gasteiger partial charge in [-0.1, -0.05) is 24.3 Å². The molecule has 7 heteroatoms. The van der Waals surface area contributed by atoms with Crippen molar-refractivity contribution in [1.29, 1.82) is 0 Å². The number of benzene rings is 2. The van der Waals surface area contributed by atoms with Gasteiger partial charge in [-0.3, -0.25) is 0 Å². The molecule has 0 unspecified atom stereocenters. The van der Waals surface area contributed by atoms with Crippen LogP contribution in [0.2, 0.25) is 0 Å². The van der Waals surface area contributed by atoms with Crippen LogP contribution in [-0.4, -0.2) is 25.4 Å². The first kappa shape index (κ1) is 20.0. The molecule has 0 aliphatic carbocycles. The van der Waals surface area contributed by atoms with Crippen LogP contribution in [0.3, 0.4) is 0 Å². The normalized spacial score (nSPS) is 10.1. The van der Waals surface area contributed by atoms with Gasteiger partial charge in [0.05, 0.1) is 14.2 Å². The summed E-state index contributed by atoms with van der Waals surface area (Å²) in [6.07, 6.45) is 0.626. The van der Waals surface area contributed by atoms with Gasteiger partial charge in [-0.15, -0.1) is 0 Å². The van der Waals surface area contributed by atoms with Gasteiger partial charge in [-0.2, -0.15) is 0 Å². The largest absolute Gasteiger partial charge is 0.515 e. The maximum Gasteiger partial charge on any atom is 0.515 e. The lowest BCUT2D eigenvalue weighted by atomic mass is 10.2. The molecule has 1 heterocycles. The molecule has 0 radical (unpaired) electrons. The Kier molecular flexibility index (Phi) is 6.89. The van der Waals surface area contributed by atoms with E-state index in [2.05, 4.69) is 4.98 Å². The molecule has 0 saturated heterocycles. The fourth-order valence-electron chi connectivity index (χ4n) is 2.50. The zero-order valence-electron chi connectivity index (χ0n) is 16.2. The second kappa shape index (κ2) is 9.98. The number of nitrogens with zero attached hydrogens (tertiary/aromatic N) is 1. The third-order valence-electron chi connectivity index (χ3n) is 3.94. The molecule has 0 saturated carbocycles. The van der Waals surface area contributed by atoms with Gasteiger partial charge >= 0.3 is 6.16 Å². The Balaban J connectivity index is 1.58. The van der Waals surface area contributed by atoms with Crippen molar-refractivity contribution in [1.82, 2.24) is 4.98 Å². The summed E-state index contributed by atoms with van der Waals surface area (Å²) in [6.45, 7) is 0.307. The van der Waals surface area contributed by atoms with Gasteiger partial charge < -0.3 is 23.7 Å². The number of rotatable bonds is 8. The fourth-order valence-corrected chi connectivity index (χ4v) is 2.50. The van der Waals surface area contributed by atoms with Gasteiger partial charge in [-0.05, 0) is 47.5 Å². The first-order valence-corrected chi connectivity index (χ1v) is 8.86. The monoisotopic (exact) mass is 395 g/mol. The van der Waals surface area contributed by atoms with Gasteiger partial charge in [0.1, 0.15) is 24.7 Å². The zero-order chi connectivity index (χ0) is 20.5. The Bertz CT molecular complexity index is 959. The quantitative estimate of drug-likeness (QED) is 0.524. The van der Waals surface area contributed by atoms with Crippen molar-refractivity contribution in [2.45, 2.75) is 13.2 Å². The molecule has 29 heavy (non-hydrogen) atoms. The zero-order valence-corrected chi connectivity index (χ0v) is 16.2. The lowest BCUT2D eigenvalue weighted by Crippen LogP contribution is -2.12. The van der Waals surface area contributed by atoms with Gasteiger partial charge in [0.2, 0.25) is 0 Å². The highest BCUT2D eigenvalue weighted by Crippen LogP contribution is 2.25. The predicted octanol–water partition coefficient (Wildman–Crippen LogP) is 4.39. The van der Waals surface area contributed by atoms with E-state index >= 15 is 0 Å². The van der Waals surface area contributed by atoms with E-state index < -0.39 is 6.16 Å². The minimum Gasteiger partial charge on any atom is -0.497 e. The summed E-state index contributed by atoms with van der Waals surface area (Å²) in [6, 6.07) is 18.0. The highest BCUT2D eigenvalue weighted by molar-refractivity contribution is 5.64. The van der Waals surface area contributed by atoms with E-state index in [1.807, 2.05) is 42.5 Å². The van der Waals surface area contributed by atoms with Crippen LogP contribution in [0.5, 0.6) is 23.1 Å². The summed E-state index contributed by atoms with van der Waals surface area (Å²) in [7, 11) is 3.17. The second-order valence-electron chi connectivity index (χ2n) is 5.94. The first-order valence-electron chi connectivity index (χ1n) is 8.86. The molecule has 0 bridgehead atoms. The molecule has 7 nitrogen and oxygen atoms in total. The van der Waals surface area contributed by atoms with E-state index in [-0.39, 0.29) is 19.1 Å². The molecule has 0 N–H and O–H groups in total. The van der Waals surface area contributed by atoms with E-state index in [9.17, 15) is 4.79 Å². The minimum atomic E-state index is -0.877. The number of hydrogen-bond acceptors (Lipinski definition) is 7. The van der Waals surface area contributed by atoms with Crippen molar-refractivity contribution in [3.05, 3.63) is 78.0 Å². The third kappa shape index (κ3) is 5.87. The van der Waals surface area contributed by atoms with Crippen molar-refractivity contribution in [2.24, 2.45) is 0 Å². The number of ether oxygens (including phenoxy) is 5. The summed E-state index contributed by atoms with van der Waals surface area (Å²) in [5.74, 6) is 1.77. The van der Waals surface area contributed by atoms with Crippen molar-refractivity contribution < 1.29 is 28.5 Å². The topological polar surface area (TPSA) is 76.1 Å². The Hall–Kier alpha value is -3.74. The second-order valence-corrected chi connectivity index (χ2v) is 5.94. The molecule has 0 aliphatic heterocycles. The lowest BCUT2D eigenvalue weighted by molar-refractivity contribution is 0.0894. The minimum absolute atomic E-state index is 0.0334. The smallest absolute Gasteiger partial charge is 0.497 e. The maximum absolute atomic E-state index is 12.1. The summed E-state index contributed by atoms with van der Waals surface area (Å²) in [5, 5.41) is 0. The van der Waals surface area contributed by atoms with Crippen LogP contribution < -0.4 is 18.9 Å². The summed E-state index contributed by atoms with van der Waals surface area (Å²) < 4.78 is 26.4. The number of aromatic nitrogens is 1. The van der Waals surface area contributed by atoms with Crippen molar-refractivity contribution in [3.8, 4) is 23.1 Å². The first-order chi connectivity index (χ1) is 14.2. The summed E-state index contributed by atoms with van der Waals surface area (Å²) >= 11 is 0. The van der Waals surface area contributed by atoms with Crippen LogP contribution >= 0.6 is 0 Å². The lowest BCUT2D eigenvalue weighted by Gasteiger charge is -2.11. The fraction of sp³-hybridized carbons (Fsp3) is 0.182. The standard InChI is InChI=1S/C22H21NO6/c1-25-18-8-3-6-16(12-18)14-27-20-10-5-11-23-21(20)29-22(24)28-15-17-7-4-9-19(13-17)26-2/h3-13H,14-15H2,1-2H3. The average molecular weight is 395 g/mol. The Labute approximate surface area is 168 Å².